The molecule has 20 heavy (non-hydrogen) atoms. The molecule has 1 unspecified atom stereocenters. The largest absolute Gasteiger partial charge is 0.342 e. The fourth-order valence-corrected chi connectivity index (χ4v) is 3.14. The zero-order chi connectivity index (χ0) is 15.1. The van der Waals surface area contributed by atoms with Gasteiger partial charge in [0.2, 0.25) is 5.91 Å². The number of carbonyl (C=O) groups excluding carboxylic acids is 1. The van der Waals surface area contributed by atoms with Crippen molar-refractivity contribution in [1.82, 2.24) is 10.2 Å². The first-order valence-electron chi connectivity index (χ1n) is 8.38. The highest BCUT2D eigenvalue weighted by atomic mass is 16.2. The Bertz CT molecular complexity index is 273. The van der Waals surface area contributed by atoms with Gasteiger partial charge in [-0.2, -0.15) is 0 Å². The van der Waals surface area contributed by atoms with E-state index in [1.165, 1.54) is 12.8 Å². The fourth-order valence-electron chi connectivity index (χ4n) is 3.14. The van der Waals surface area contributed by atoms with Crippen LogP contribution in [0, 0.1) is 23.7 Å². The highest BCUT2D eigenvalue weighted by Crippen LogP contribution is 2.25. The lowest BCUT2D eigenvalue weighted by Gasteiger charge is -2.31. The first-order valence-corrected chi connectivity index (χ1v) is 8.38. The summed E-state index contributed by atoms with van der Waals surface area (Å²) in [5.41, 5.74) is 0. The highest BCUT2D eigenvalue weighted by molar-refractivity contribution is 5.76. The Balaban J connectivity index is 2.50. The molecule has 0 saturated carbocycles. The molecule has 1 N–H and O–H groups in total. The molecular formula is C17H34N2O. The standard InChI is InChI=1S/C17H34N2O/c1-13(2)11-19(12-14(3)4)17(20)10-15(5)16-6-8-18-9-7-16/h13-16,18H,6-12H2,1-5H3. The van der Waals surface area contributed by atoms with Crippen molar-refractivity contribution in [3.63, 3.8) is 0 Å². The summed E-state index contributed by atoms with van der Waals surface area (Å²) < 4.78 is 0. The molecule has 0 spiro atoms. The second-order valence-electron chi connectivity index (χ2n) is 7.36. The van der Waals surface area contributed by atoms with Crippen LogP contribution in [0.2, 0.25) is 0 Å². The smallest absolute Gasteiger partial charge is 0.222 e. The van der Waals surface area contributed by atoms with Gasteiger partial charge in [-0.25, -0.2) is 0 Å². The number of nitrogens with zero attached hydrogens (tertiary/aromatic N) is 1. The summed E-state index contributed by atoms with van der Waals surface area (Å²) in [5.74, 6) is 2.70. The second-order valence-corrected chi connectivity index (χ2v) is 7.36. The lowest BCUT2D eigenvalue weighted by molar-refractivity contribution is -0.133. The quantitative estimate of drug-likeness (QED) is 0.778. The molecule has 3 nitrogen and oxygen atoms in total. The van der Waals surface area contributed by atoms with E-state index in [0.29, 0.717) is 23.7 Å². The van der Waals surface area contributed by atoms with Gasteiger partial charge in [-0.3, -0.25) is 4.79 Å². The molecule has 1 aliphatic rings. The minimum atomic E-state index is 0.360. The van der Waals surface area contributed by atoms with Gasteiger partial charge >= 0.3 is 0 Å². The molecule has 1 atom stereocenters. The summed E-state index contributed by atoms with van der Waals surface area (Å²) in [6.07, 6.45) is 3.18. The van der Waals surface area contributed by atoms with Crippen LogP contribution in [0.4, 0.5) is 0 Å². The Hall–Kier alpha value is -0.570. The first-order chi connectivity index (χ1) is 9.40. The van der Waals surface area contributed by atoms with Gasteiger partial charge in [-0.1, -0.05) is 34.6 Å². The van der Waals surface area contributed by atoms with Crippen molar-refractivity contribution in [2.24, 2.45) is 23.7 Å². The third-order valence-electron chi connectivity index (χ3n) is 4.21. The average molecular weight is 282 g/mol. The second kappa shape index (κ2) is 8.66. The van der Waals surface area contributed by atoms with E-state index in [4.69, 9.17) is 0 Å². The van der Waals surface area contributed by atoms with Gasteiger partial charge in [-0.15, -0.1) is 0 Å². The zero-order valence-corrected chi connectivity index (χ0v) is 14.1. The molecular weight excluding hydrogens is 248 g/mol. The Labute approximate surface area is 125 Å². The summed E-state index contributed by atoms with van der Waals surface area (Å²) in [6, 6.07) is 0. The summed E-state index contributed by atoms with van der Waals surface area (Å²) in [6.45, 7) is 15.1. The van der Waals surface area contributed by atoms with Crippen LogP contribution < -0.4 is 5.32 Å². The lowest BCUT2D eigenvalue weighted by atomic mass is 9.84. The Morgan fingerprint density at radius 1 is 1.05 bits per heavy atom. The van der Waals surface area contributed by atoms with Crippen molar-refractivity contribution >= 4 is 5.91 Å². The number of amides is 1. The minimum Gasteiger partial charge on any atom is -0.342 e. The number of hydrogen-bond acceptors (Lipinski definition) is 2. The van der Waals surface area contributed by atoms with Crippen LogP contribution in [0.1, 0.15) is 53.9 Å². The van der Waals surface area contributed by atoms with Crippen LogP contribution in [-0.2, 0) is 4.79 Å². The van der Waals surface area contributed by atoms with Gasteiger partial charge in [0.05, 0.1) is 0 Å². The van der Waals surface area contributed by atoms with Crippen LogP contribution in [-0.4, -0.2) is 37.0 Å². The molecule has 1 aliphatic heterocycles. The van der Waals surface area contributed by atoms with Crippen molar-refractivity contribution in [1.29, 1.82) is 0 Å². The summed E-state index contributed by atoms with van der Waals surface area (Å²) in [4.78, 5) is 14.7. The number of rotatable bonds is 7. The predicted octanol–water partition coefficient (Wildman–Crippen LogP) is 3.15. The molecule has 0 aromatic heterocycles. The number of carbonyl (C=O) groups is 1. The van der Waals surface area contributed by atoms with Crippen molar-refractivity contribution in [2.45, 2.75) is 53.9 Å². The van der Waals surface area contributed by atoms with E-state index in [-0.39, 0.29) is 0 Å². The molecule has 1 amide bonds. The van der Waals surface area contributed by atoms with E-state index in [1.807, 2.05) is 0 Å². The van der Waals surface area contributed by atoms with Gasteiger partial charge in [0.15, 0.2) is 0 Å². The Morgan fingerprint density at radius 2 is 1.55 bits per heavy atom. The normalized spacial score (nSPS) is 18.6. The van der Waals surface area contributed by atoms with Crippen molar-refractivity contribution in [2.75, 3.05) is 26.2 Å². The van der Waals surface area contributed by atoms with E-state index in [2.05, 4.69) is 44.8 Å². The molecule has 0 radical (unpaired) electrons. The zero-order valence-electron chi connectivity index (χ0n) is 14.1. The maximum Gasteiger partial charge on any atom is 0.222 e. The first kappa shape index (κ1) is 17.5. The Morgan fingerprint density at radius 3 is 2.00 bits per heavy atom. The topological polar surface area (TPSA) is 32.3 Å². The molecule has 0 aromatic rings. The van der Waals surface area contributed by atoms with Crippen LogP contribution in [0.15, 0.2) is 0 Å². The van der Waals surface area contributed by atoms with E-state index >= 15 is 0 Å². The molecule has 0 aromatic carbocycles. The minimum absolute atomic E-state index is 0.360. The summed E-state index contributed by atoms with van der Waals surface area (Å²) in [5, 5.41) is 3.40. The molecule has 1 saturated heterocycles. The fraction of sp³-hybridized carbons (Fsp3) is 0.941. The lowest BCUT2D eigenvalue weighted by Crippen LogP contribution is -2.39. The Kier molecular flexibility index (Phi) is 7.57. The number of nitrogens with one attached hydrogen (secondary N) is 1. The van der Waals surface area contributed by atoms with Gasteiger partial charge in [0.1, 0.15) is 0 Å². The van der Waals surface area contributed by atoms with E-state index in [0.717, 1.165) is 38.5 Å². The molecule has 0 bridgehead atoms. The monoisotopic (exact) mass is 282 g/mol. The highest BCUT2D eigenvalue weighted by Gasteiger charge is 2.24. The summed E-state index contributed by atoms with van der Waals surface area (Å²) >= 11 is 0. The van der Waals surface area contributed by atoms with Crippen LogP contribution in [0.3, 0.4) is 0 Å². The average Bonchev–Trinajstić information content (AvgIpc) is 2.37. The molecule has 3 heteroatoms. The van der Waals surface area contributed by atoms with E-state index in [9.17, 15) is 4.79 Å². The van der Waals surface area contributed by atoms with E-state index in [1.54, 1.807) is 0 Å². The number of piperidine rings is 1. The maximum absolute atomic E-state index is 12.6. The SMILES string of the molecule is CC(C)CN(CC(C)C)C(=O)CC(C)C1CCNCC1. The number of hydrogen-bond donors (Lipinski definition) is 1. The van der Waals surface area contributed by atoms with Crippen LogP contribution in [0.25, 0.3) is 0 Å². The maximum atomic E-state index is 12.6. The molecule has 0 aliphatic carbocycles. The van der Waals surface area contributed by atoms with Crippen LogP contribution >= 0.6 is 0 Å². The van der Waals surface area contributed by atoms with Gasteiger partial charge in [0, 0.05) is 19.5 Å². The van der Waals surface area contributed by atoms with Crippen molar-refractivity contribution in [3.05, 3.63) is 0 Å². The van der Waals surface area contributed by atoms with Gasteiger partial charge < -0.3 is 10.2 Å². The van der Waals surface area contributed by atoms with E-state index < -0.39 is 0 Å². The molecule has 1 rings (SSSR count). The van der Waals surface area contributed by atoms with Gasteiger partial charge in [0.25, 0.3) is 0 Å². The third kappa shape index (κ3) is 6.25. The van der Waals surface area contributed by atoms with Crippen LogP contribution in [0.5, 0.6) is 0 Å². The molecule has 1 fully saturated rings. The third-order valence-corrected chi connectivity index (χ3v) is 4.21. The molecule has 1 heterocycles. The van der Waals surface area contributed by atoms with Gasteiger partial charge in [-0.05, 0) is 49.6 Å². The summed E-state index contributed by atoms with van der Waals surface area (Å²) in [7, 11) is 0. The predicted molar refractivity (Wildman–Crippen MR) is 85.6 cm³/mol. The molecule has 118 valence electrons. The van der Waals surface area contributed by atoms with Crippen molar-refractivity contribution < 1.29 is 4.79 Å². The van der Waals surface area contributed by atoms with Crippen molar-refractivity contribution in [3.8, 4) is 0 Å².